The highest BCUT2D eigenvalue weighted by Gasteiger charge is 2.37. The highest BCUT2D eigenvalue weighted by atomic mass is 32.1. The van der Waals surface area contributed by atoms with Gasteiger partial charge in [-0.05, 0) is 84.1 Å². The van der Waals surface area contributed by atoms with Crippen molar-refractivity contribution in [3.63, 3.8) is 0 Å². The Hall–Kier alpha value is -2.53. The first-order valence-corrected chi connectivity index (χ1v) is 13.0. The molecule has 0 spiro atoms. The van der Waals surface area contributed by atoms with Gasteiger partial charge in [0, 0.05) is 23.4 Å². The van der Waals surface area contributed by atoms with Crippen molar-refractivity contribution in [2.24, 2.45) is 17.3 Å². The Balaban J connectivity index is 1.95. The molecular formula is C26H36N2O5S. The molecule has 1 aromatic heterocycles. The van der Waals surface area contributed by atoms with Crippen LogP contribution in [0.3, 0.4) is 0 Å². The van der Waals surface area contributed by atoms with Gasteiger partial charge < -0.3 is 20.4 Å². The Kier molecular flexibility index (Phi) is 8.29. The molecule has 0 aromatic carbocycles. The normalized spacial score (nSPS) is 25.1. The summed E-state index contributed by atoms with van der Waals surface area (Å²) in [5, 5.41) is 21.6. The summed E-state index contributed by atoms with van der Waals surface area (Å²) in [7, 11) is 0. The Morgan fingerprint density at radius 2 is 1.65 bits per heavy atom. The number of hydrogen-bond donors (Lipinski definition) is 3. The number of carbonyl (C=O) groups excluding carboxylic acids is 1. The van der Waals surface area contributed by atoms with Gasteiger partial charge in [0.1, 0.15) is 4.88 Å². The lowest BCUT2D eigenvalue weighted by Gasteiger charge is -2.39. The highest BCUT2D eigenvalue weighted by Crippen LogP contribution is 2.38. The van der Waals surface area contributed by atoms with Crippen molar-refractivity contribution in [3.8, 4) is 11.8 Å². The predicted molar refractivity (Wildman–Crippen MR) is 133 cm³/mol. The van der Waals surface area contributed by atoms with E-state index in [0.29, 0.717) is 42.2 Å². The van der Waals surface area contributed by atoms with Gasteiger partial charge in [-0.15, -0.1) is 11.3 Å². The quantitative estimate of drug-likeness (QED) is 0.469. The topological polar surface area (TPSA) is 107 Å². The van der Waals surface area contributed by atoms with E-state index in [1.807, 2.05) is 20.8 Å². The van der Waals surface area contributed by atoms with Crippen molar-refractivity contribution in [1.82, 2.24) is 5.32 Å². The van der Waals surface area contributed by atoms with Gasteiger partial charge in [-0.3, -0.25) is 4.79 Å². The number of anilines is 1. The molecule has 186 valence electrons. The Morgan fingerprint density at radius 1 is 1.03 bits per heavy atom. The molecule has 0 radical (unpaired) electrons. The second-order valence-electron chi connectivity index (χ2n) is 10.8. The zero-order chi connectivity index (χ0) is 25.0. The molecule has 34 heavy (non-hydrogen) atoms. The largest absolute Gasteiger partial charge is 0.477 e. The third kappa shape index (κ3) is 6.75. The summed E-state index contributed by atoms with van der Waals surface area (Å²) in [6.07, 6.45) is 5.06. The number of rotatable bonds is 5. The first kappa shape index (κ1) is 26.1. The van der Waals surface area contributed by atoms with Gasteiger partial charge in [-0.25, -0.2) is 9.59 Å². The van der Waals surface area contributed by atoms with Crippen LogP contribution in [0.1, 0.15) is 93.6 Å². The van der Waals surface area contributed by atoms with Crippen LogP contribution in [-0.4, -0.2) is 40.3 Å². The van der Waals surface area contributed by atoms with E-state index >= 15 is 0 Å². The van der Waals surface area contributed by atoms with Crippen molar-refractivity contribution in [2.45, 2.75) is 91.1 Å². The average molecular weight is 489 g/mol. The zero-order valence-corrected chi connectivity index (χ0v) is 21.3. The summed E-state index contributed by atoms with van der Waals surface area (Å²) in [5.74, 6) is 5.69. The van der Waals surface area contributed by atoms with Crippen LogP contribution >= 0.6 is 11.3 Å². The molecule has 3 rings (SSSR count). The standard InChI is InChI=1S/C26H36N2O5S/c1-16-5-7-17(8-6-16)23(29)28(19-11-9-18(10-12-19)27-25(32)33)21-15-20(13-14-26(2,3)4)34-22(21)24(30)31/h15-19,27H,5-12H2,1-4H3,(H,30,31)(H,32,33). The van der Waals surface area contributed by atoms with Gasteiger partial charge in [0.25, 0.3) is 0 Å². The van der Waals surface area contributed by atoms with Crippen LogP contribution in [0, 0.1) is 29.1 Å². The predicted octanol–water partition coefficient (Wildman–Crippen LogP) is 5.58. The van der Waals surface area contributed by atoms with Crippen molar-refractivity contribution >= 4 is 35.0 Å². The summed E-state index contributed by atoms with van der Waals surface area (Å²) in [4.78, 5) is 39.6. The number of carbonyl (C=O) groups is 3. The lowest BCUT2D eigenvalue weighted by Crippen LogP contribution is -2.48. The number of nitrogens with one attached hydrogen (secondary N) is 1. The van der Waals surface area contributed by atoms with E-state index in [-0.39, 0.29) is 34.2 Å². The minimum absolute atomic E-state index is 0.00262. The molecule has 2 saturated carbocycles. The number of aromatic carboxylic acids is 1. The molecule has 2 fully saturated rings. The summed E-state index contributed by atoms with van der Waals surface area (Å²) in [6, 6.07) is 1.46. The van der Waals surface area contributed by atoms with Gasteiger partial charge in [-0.1, -0.05) is 18.8 Å². The van der Waals surface area contributed by atoms with Gasteiger partial charge >= 0.3 is 12.1 Å². The number of amides is 2. The third-order valence-corrected chi connectivity index (χ3v) is 7.75. The van der Waals surface area contributed by atoms with Crippen LogP contribution in [0.15, 0.2) is 6.07 Å². The third-order valence-electron chi connectivity index (χ3n) is 6.72. The van der Waals surface area contributed by atoms with E-state index in [1.54, 1.807) is 11.0 Å². The van der Waals surface area contributed by atoms with Crippen LogP contribution in [0.2, 0.25) is 0 Å². The molecule has 7 nitrogen and oxygen atoms in total. The maximum Gasteiger partial charge on any atom is 0.404 e. The summed E-state index contributed by atoms with van der Waals surface area (Å²) in [5.41, 5.74) is 0.214. The number of nitrogens with zero attached hydrogens (tertiary/aromatic N) is 1. The van der Waals surface area contributed by atoms with Crippen LogP contribution < -0.4 is 10.2 Å². The minimum atomic E-state index is -1.06. The van der Waals surface area contributed by atoms with E-state index in [1.165, 1.54) is 0 Å². The zero-order valence-electron chi connectivity index (χ0n) is 20.5. The fraction of sp³-hybridized carbons (Fsp3) is 0.654. The molecule has 2 aliphatic rings. The maximum atomic E-state index is 13.9. The number of thiophene rings is 1. The fourth-order valence-electron chi connectivity index (χ4n) is 4.88. The summed E-state index contributed by atoms with van der Waals surface area (Å²) >= 11 is 1.12. The van der Waals surface area contributed by atoms with Crippen molar-refractivity contribution in [1.29, 1.82) is 0 Å². The Morgan fingerprint density at radius 3 is 2.18 bits per heavy atom. The number of carboxylic acid groups (broad SMARTS) is 2. The molecule has 1 aromatic rings. The number of carboxylic acids is 1. The van der Waals surface area contributed by atoms with E-state index in [4.69, 9.17) is 5.11 Å². The monoisotopic (exact) mass is 488 g/mol. The van der Waals surface area contributed by atoms with Crippen molar-refractivity contribution in [3.05, 3.63) is 15.8 Å². The van der Waals surface area contributed by atoms with Crippen LogP contribution in [0.5, 0.6) is 0 Å². The maximum absolute atomic E-state index is 13.9. The van der Waals surface area contributed by atoms with E-state index in [0.717, 1.165) is 37.0 Å². The van der Waals surface area contributed by atoms with E-state index in [2.05, 4.69) is 24.1 Å². The molecular weight excluding hydrogens is 452 g/mol. The molecule has 0 aliphatic heterocycles. The smallest absolute Gasteiger partial charge is 0.404 e. The van der Waals surface area contributed by atoms with Crippen molar-refractivity contribution < 1.29 is 24.6 Å². The summed E-state index contributed by atoms with van der Waals surface area (Å²) < 4.78 is 0. The van der Waals surface area contributed by atoms with Gasteiger partial charge in [0.15, 0.2) is 0 Å². The van der Waals surface area contributed by atoms with Crippen LogP contribution in [0.25, 0.3) is 0 Å². The van der Waals surface area contributed by atoms with Crippen molar-refractivity contribution in [2.75, 3.05) is 4.90 Å². The number of hydrogen-bond acceptors (Lipinski definition) is 4. The fourth-order valence-corrected chi connectivity index (χ4v) is 5.72. The molecule has 2 aliphatic carbocycles. The molecule has 0 bridgehead atoms. The van der Waals surface area contributed by atoms with E-state index in [9.17, 15) is 19.5 Å². The van der Waals surface area contributed by atoms with Crippen LogP contribution in [0.4, 0.5) is 10.5 Å². The molecule has 0 saturated heterocycles. The molecule has 0 unspecified atom stereocenters. The lowest BCUT2D eigenvalue weighted by molar-refractivity contribution is -0.124. The Bertz CT molecular complexity index is 968. The summed E-state index contributed by atoms with van der Waals surface area (Å²) in [6.45, 7) is 8.19. The van der Waals surface area contributed by atoms with E-state index < -0.39 is 12.1 Å². The average Bonchev–Trinajstić information content (AvgIpc) is 3.17. The van der Waals surface area contributed by atoms with Crippen LogP contribution in [-0.2, 0) is 4.79 Å². The lowest BCUT2D eigenvalue weighted by atomic mass is 9.81. The Labute approximate surface area is 205 Å². The van der Waals surface area contributed by atoms with Gasteiger partial charge in [-0.2, -0.15) is 0 Å². The molecule has 1 heterocycles. The SMILES string of the molecule is CC1CCC(C(=O)N(c2cc(C#CC(C)(C)C)sc2C(=O)O)C2CCC(NC(=O)O)CC2)CC1. The minimum Gasteiger partial charge on any atom is -0.477 e. The first-order valence-electron chi connectivity index (χ1n) is 12.2. The first-order chi connectivity index (χ1) is 15.9. The molecule has 3 N–H and O–H groups in total. The second kappa shape index (κ2) is 10.8. The molecule has 2 amide bonds. The highest BCUT2D eigenvalue weighted by molar-refractivity contribution is 7.15. The van der Waals surface area contributed by atoms with Gasteiger partial charge in [0.05, 0.1) is 10.6 Å². The molecule has 8 heteroatoms. The van der Waals surface area contributed by atoms with Gasteiger partial charge in [0.2, 0.25) is 5.91 Å². The molecule has 0 atom stereocenters. The second-order valence-corrected chi connectivity index (χ2v) is 11.8.